The highest BCUT2D eigenvalue weighted by Gasteiger charge is 2.14. The summed E-state index contributed by atoms with van der Waals surface area (Å²) in [5.74, 6) is -1.96. The zero-order chi connectivity index (χ0) is 17.1. The molecule has 22 heavy (non-hydrogen) atoms. The smallest absolute Gasteiger partial charge is 0.313 e. The summed E-state index contributed by atoms with van der Waals surface area (Å²) >= 11 is 0. The molecule has 0 saturated carbocycles. The number of carbonyl (C=O) groups excluding carboxylic acids is 4. The second-order valence-corrected chi connectivity index (χ2v) is 6.10. The normalized spacial score (nSPS) is 10.6. The number of esters is 4. The Bertz CT molecular complexity index is 359. The molecule has 0 fully saturated rings. The first-order chi connectivity index (χ1) is 10.2. The Balaban J connectivity index is 3.75. The largest absolute Gasteiger partial charge is 0.393 e. The lowest BCUT2D eigenvalue weighted by Gasteiger charge is -2.06. The highest BCUT2D eigenvalue weighted by Crippen LogP contribution is 2.07. The summed E-state index contributed by atoms with van der Waals surface area (Å²) in [5.41, 5.74) is 0. The van der Waals surface area contributed by atoms with E-state index < -0.39 is 23.9 Å². The van der Waals surface area contributed by atoms with Crippen LogP contribution < -0.4 is 0 Å². The molecule has 0 aromatic heterocycles. The summed E-state index contributed by atoms with van der Waals surface area (Å²) in [4.78, 5) is 45.2. The molecule has 0 aromatic carbocycles. The molecular formula is C16H26O6. The van der Waals surface area contributed by atoms with Crippen LogP contribution in [0.3, 0.4) is 0 Å². The molecular weight excluding hydrogens is 288 g/mol. The van der Waals surface area contributed by atoms with E-state index in [2.05, 4.69) is 9.47 Å². The maximum Gasteiger partial charge on any atom is 0.313 e. The molecule has 0 N–H and O–H groups in total. The molecule has 0 aliphatic carbocycles. The minimum absolute atomic E-state index is 0.0665. The van der Waals surface area contributed by atoms with Crippen LogP contribution in [-0.4, -0.2) is 23.9 Å². The highest BCUT2D eigenvalue weighted by molar-refractivity contribution is 5.86. The predicted molar refractivity (Wildman–Crippen MR) is 79.6 cm³/mol. The fourth-order valence-corrected chi connectivity index (χ4v) is 1.64. The summed E-state index contributed by atoms with van der Waals surface area (Å²) in [6, 6.07) is 0. The fourth-order valence-electron chi connectivity index (χ4n) is 1.64. The first-order valence-electron chi connectivity index (χ1n) is 7.67. The summed E-state index contributed by atoms with van der Waals surface area (Å²) in [5, 5.41) is 0. The van der Waals surface area contributed by atoms with E-state index in [1.807, 2.05) is 27.7 Å². The van der Waals surface area contributed by atoms with Gasteiger partial charge in [0, 0.05) is 25.7 Å². The van der Waals surface area contributed by atoms with E-state index in [1.165, 1.54) is 0 Å². The van der Waals surface area contributed by atoms with Crippen molar-refractivity contribution < 1.29 is 28.7 Å². The fraction of sp³-hybridized carbons (Fsp3) is 0.750. The Kier molecular flexibility index (Phi) is 10.1. The first-order valence-corrected chi connectivity index (χ1v) is 7.67. The van der Waals surface area contributed by atoms with Gasteiger partial charge in [0.1, 0.15) is 0 Å². The van der Waals surface area contributed by atoms with Gasteiger partial charge in [0.25, 0.3) is 0 Å². The molecule has 0 aromatic rings. The Morgan fingerprint density at radius 2 is 0.955 bits per heavy atom. The van der Waals surface area contributed by atoms with E-state index in [4.69, 9.17) is 0 Å². The SMILES string of the molecule is CC(C)CC(=O)OC(=O)CCCCC(=O)OC(=O)CC(C)C. The van der Waals surface area contributed by atoms with Gasteiger partial charge < -0.3 is 9.47 Å². The Labute approximate surface area is 131 Å². The van der Waals surface area contributed by atoms with Gasteiger partial charge in [-0.15, -0.1) is 0 Å². The van der Waals surface area contributed by atoms with E-state index in [0.717, 1.165) is 0 Å². The van der Waals surface area contributed by atoms with Crippen molar-refractivity contribution in [1.29, 1.82) is 0 Å². The molecule has 0 atom stereocenters. The second-order valence-electron chi connectivity index (χ2n) is 6.10. The number of ether oxygens (including phenoxy) is 2. The van der Waals surface area contributed by atoms with Gasteiger partial charge in [0.15, 0.2) is 0 Å². The summed E-state index contributed by atoms with van der Waals surface area (Å²) in [7, 11) is 0. The van der Waals surface area contributed by atoms with Crippen molar-refractivity contribution in [2.75, 3.05) is 0 Å². The van der Waals surface area contributed by atoms with Crippen molar-refractivity contribution in [3.63, 3.8) is 0 Å². The van der Waals surface area contributed by atoms with Gasteiger partial charge in [0.2, 0.25) is 0 Å². The van der Waals surface area contributed by atoms with Crippen LogP contribution in [0.4, 0.5) is 0 Å². The Morgan fingerprint density at radius 1 is 0.636 bits per heavy atom. The lowest BCUT2D eigenvalue weighted by atomic mass is 10.1. The molecule has 0 radical (unpaired) electrons. The number of hydrogen-bond donors (Lipinski definition) is 0. The molecule has 0 spiro atoms. The van der Waals surface area contributed by atoms with Crippen molar-refractivity contribution in [3.05, 3.63) is 0 Å². The first kappa shape index (κ1) is 20.3. The maximum atomic E-state index is 11.4. The van der Waals surface area contributed by atoms with Crippen LogP contribution in [0.1, 0.15) is 66.2 Å². The van der Waals surface area contributed by atoms with E-state index in [0.29, 0.717) is 12.8 Å². The average molecular weight is 314 g/mol. The highest BCUT2D eigenvalue weighted by atomic mass is 16.6. The van der Waals surface area contributed by atoms with Gasteiger partial charge in [-0.2, -0.15) is 0 Å². The summed E-state index contributed by atoms with van der Waals surface area (Å²) in [6.45, 7) is 7.44. The monoisotopic (exact) mass is 314 g/mol. The van der Waals surface area contributed by atoms with Crippen LogP contribution in [0.5, 0.6) is 0 Å². The van der Waals surface area contributed by atoms with Gasteiger partial charge in [-0.1, -0.05) is 27.7 Å². The third-order valence-corrected chi connectivity index (χ3v) is 2.62. The van der Waals surface area contributed by atoms with Crippen molar-refractivity contribution in [2.24, 2.45) is 11.8 Å². The number of hydrogen-bond acceptors (Lipinski definition) is 6. The van der Waals surface area contributed by atoms with E-state index in [1.54, 1.807) is 0 Å². The molecule has 126 valence electrons. The molecule has 0 unspecified atom stereocenters. The lowest BCUT2D eigenvalue weighted by Crippen LogP contribution is -2.15. The van der Waals surface area contributed by atoms with Crippen molar-refractivity contribution in [1.82, 2.24) is 0 Å². The van der Waals surface area contributed by atoms with Crippen molar-refractivity contribution in [2.45, 2.75) is 66.2 Å². The van der Waals surface area contributed by atoms with Crippen LogP contribution in [0.15, 0.2) is 0 Å². The Hall–Kier alpha value is -1.72. The van der Waals surface area contributed by atoms with Crippen LogP contribution in [0.25, 0.3) is 0 Å². The van der Waals surface area contributed by atoms with Gasteiger partial charge in [-0.25, -0.2) is 0 Å². The number of rotatable bonds is 9. The van der Waals surface area contributed by atoms with E-state index in [9.17, 15) is 19.2 Å². The minimum atomic E-state index is -0.588. The van der Waals surface area contributed by atoms with Gasteiger partial charge in [-0.3, -0.25) is 19.2 Å². The van der Waals surface area contributed by atoms with Gasteiger partial charge in [-0.05, 0) is 24.7 Å². The zero-order valence-corrected chi connectivity index (χ0v) is 13.8. The third-order valence-electron chi connectivity index (χ3n) is 2.62. The summed E-state index contributed by atoms with van der Waals surface area (Å²) < 4.78 is 9.26. The molecule has 0 rings (SSSR count). The molecule has 6 heteroatoms. The summed E-state index contributed by atoms with van der Waals surface area (Å²) in [6.07, 6.45) is 1.35. The van der Waals surface area contributed by atoms with Crippen LogP contribution in [0.2, 0.25) is 0 Å². The van der Waals surface area contributed by atoms with Crippen LogP contribution in [0, 0.1) is 11.8 Å². The Morgan fingerprint density at radius 3 is 1.23 bits per heavy atom. The van der Waals surface area contributed by atoms with Crippen LogP contribution >= 0.6 is 0 Å². The minimum Gasteiger partial charge on any atom is -0.393 e. The average Bonchev–Trinajstić information content (AvgIpc) is 2.32. The zero-order valence-electron chi connectivity index (χ0n) is 13.8. The molecule has 0 bridgehead atoms. The van der Waals surface area contributed by atoms with Crippen molar-refractivity contribution in [3.8, 4) is 0 Å². The van der Waals surface area contributed by atoms with Crippen LogP contribution in [-0.2, 0) is 28.7 Å². The van der Waals surface area contributed by atoms with E-state index in [-0.39, 0.29) is 37.5 Å². The molecule has 0 saturated heterocycles. The standard InChI is InChI=1S/C16H26O6/c1-11(2)9-15(19)21-13(17)7-5-6-8-14(18)22-16(20)10-12(3)4/h11-12H,5-10H2,1-4H3. The molecule has 0 heterocycles. The maximum absolute atomic E-state index is 11.4. The van der Waals surface area contributed by atoms with Crippen molar-refractivity contribution >= 4 is 23.9 Å². The number of unbranched alkanes of at least 4 members (excludes halogenated alkanes) is 1. The van der Waals surface area contributed by atoms with Gasteiger partial charge >= 0.3 is 23.9 Å². The predicted octanol–water partition coefficient (Wildman–Crippen LogP) is 2.78. The molecule has 0 amide bonds. The molecule has 6 nitrogen and oxygen atoms in total. The molecule has 0 aliphatic heterocycles. The quantitative estimate of drug-likeness (QED) is 0.369. The second kappa shape index (κ2) is 10.9. The van der Waals surface area contributed by atoms with Gasteiger partial charge in [0.05, 0.1) is 0 Å². The number of carbonyl (C=O) groups is 4. The third kappa shape index (κ3) is 12.1. The topological polar surface area (TPSA) is 86.7 Å². The van der Waals surface area contributed by atoms with E-state index >= 15 is 0 Å². The molecule has 0 aliphatic rings. The lowest BCUT2D eigenvalue weighted by molar-refractivity contribution is -0.162.